The number of hydrogen-bond acceptors (Lipinski definition) is 4. The Bertz CT molecular complexity index is 1310. The Balaban J connectivity index is 1.40. The third-order valence-electron chi connectivity index (χ3n) is 5.77. The van der Waals surface area contributed by atoms with Crippen LogP contribution in [-0.2, 0) is 0 Å². The topological polar surface area (TPSA) is 83.9 Å². The highest BCUT2D eigenvalue weighted by molar-refractivity contribution is 5.92. The predicted molar refractivity (Wildman–Crippen MR) is 119 cm³/mol. The number of para-hydroxylation sites is 1. The number of benzene rings is 2. The van der Waals surface area contributed by atoms with Crippen molar-refractivity contribution in [3.05, 3.63) is 88.1 Å². The Kier molecular flexibility index (Phi) is 4.86. The molecule has 2 aromatic heterocycles. The summed E-state index contributed by atoms with van der Waals surface area (Å²) in [6.45, 7) is 3.30. The normalized spacial score (nSPS) is 16.5. The van der Waals surface area contributed by atoms with E-state index in [9.17, 15) is 9.59 Å². The summed E-state index contributed by atoms with van der Waals surface area (Å²) in [6, 6.07) is 18.2. The number of aromatic amines is 1. The first-order valence-corrected chi connectivity index (χ1v) is 10.5. The van der Waals surface area contributed by atoms with Crippen LogP contribution in [0.4, 0.5) is 0 Å². The molecule has 0 bridgehead atoms. The lowest BCUT2D eigenvalue weighted by atomic mass is 9.97. The van der Waals surface area contributed by atoms with E-state index in [-0.39, 0.29) is 23.1 Å². The Morgan fingerprint density at radius 3 is 2.77 bits per heavy atom. The van der Waals surface area contributed by atoms with Gasteiger partial charge in [0.1, 0.15) is 11.5 Å². The molecule has 2 aromatic carbocycles. The number of fused-ring (bicyclic) bond motifs is 1. The van der Waals surface area contributed by atoms with Crippen LogP contribution in [0.3, 0.4) is 0 Å². The van der Waals surface area contributed by atoms with E-state index >= 15 is 0 Å². The van der Waals surface area contributed by atoms with Gasteiger partial charge in [0.2, 0.25) is 0 Å². The number of aromatic nitrogens is 4. The number of amides is 1. The molecule has 1 saturated heterocycles. The van der Waals surface area contributed by atoms with Crippen LogP contribution in [0.2, 0.25) is 0 Å². The van der Waals surface area contributed by atoms with E-state index in [4.69, 9.17) is 4.98 Å². The zero-order chi connectivity index (χ0) is 21.4. The number of likely N-dealkylation sites (tertiary alicyclic amines) is 1. The standard InChI is InChI=1S/C24H23N5O2/c1-16-9-10-19-21(14-16)26-23(25-19)17-6-5-13-28(15-17)24(31)20-11-12-22(30)29(27-20)18-7-3-2-4-8-18/h2-4,7-12,14,17H,5-6,13,15H2,1H3,(H,25,26)/t17-/m1/s1. The van der Waals surface area contributed by atoms with Crippen LogP contribution in [0.5, 0.6) is 0 Å². The zero-order valence-corrected chi connectivity index (χ0v) is 17.3. The minimum atomic E-state index is -0.267. The number of carbonyl (C=O) groups is 1. The Morgan fingerprint density at radius 1 is 1.10 bits per heavy atom. The second kappa shape index (κ2) is 7.83. The Hall–Kier alpha value is -3.74. The Labute approximate surface area is 179 Å². The number of hydrogen-bond donors (Lipinski definition) is 1. The number of piperidine rings is 1. The lowest BCUT2D eigenvalue weighted by molar-refractivity contribution is 0.0697. The van der Waals surface area contributed by atoms with E-state index in [2.05, 4.69) is 29.1 Å². The number of rotatable bonds is 3. The van der Waals surface area contributed by atoms with Gasteiger partial charge in [0.05, 0.1) is 16.7 Å². The first-order chi connectivity index (χ1) is 15.1. The van der Waals surface area contributed by atoms with Gasteiger partial charge >= 0.3 is 0 Å². The van der Waals surface area contributed by atoms with Gasteiger partial charge in [0, 0.05) is 25.1 Å². The van der Waals surface area contributed by atoms with Crippen LogP contribution < -0.4 is 5.56 Å². The van der Waals surface area contributed by atoms with Gasteiger partial charge in [-0.1, -0.05) is 24.3 Å². The molecule has 4 aromatic rings. The molecule has 1 aliphatic rings. The number of nitrogens with one attached hydrogen (secondary N) is 1. The zero-order valence-electron chi connectivity index (χ0n) is 17.3. The quantitative estimate of drug-likeness (QED) is 0.558. The maximum Gasteiger partial charge on any atom is 0.274 e. The highest BCUT2D eigenvalue weighted by Gasteiger charge is 2.28. The van der Waals surface area contributed by atoms with Crippen LogP contribution in [0, 0.1) is 6.92 Å². The minimum Gasteiger partial charge on any atom is -0.342 e. The van der Waals surface area contributed by atoms with Crippen LogP contribution in [-0.4, -0.2) is 43.6 Å². The molecule has 7 heteroatoms. The molecule has 1 N–H and O–H groups in total. The van der Waals surface area contributed by atoms with E-state index in [1.165, 1.54) is 22.4 Å². The van der Waals surface area contributed by atoms with Crippen LogP contribution in [0.25, 0.3) is 16.7 Å². The van der Waals surface area contributed by atoms with Gasteiger partial charge in [-0.25, -0.2) is 4.98 Å². The van der Waals surface area contributed by atoms with Gasteiger partial charge in [-0.2, -0.15) is 9.78 Å². The van der Waals surface area contributed by atoms with Crippen molar-refractivity contribution in [2.24, 2.45) is 0 Å². The fourth-order valence-electron chi connectivity index (χ4n) is 4.16. The SMILES string of the molecule is Cc1ccc2nc([C@@H]3CCCN(C(=O)c4ccc(=O)n(-c5ccccc5)n4)C3)[nH]c2c1. The highest BCUT2D eigenvalue weighted by Crippen LogP contribution is 2.27. The maximum atomic E-state index is 13.2. The number of H-pyrrole nitrogens is 1. The predicted octanol–water partition coefficient (Wildman–Crippen LogP) is 3.44. The lowest BCUT2D eigenvalue weighted by Gasteiger charge is -2.31. The molecule has 156 valence electrons. The summed E-state index contributed by atoms with van der Waals surface area (Å²) in [7, 11) is 0. The molecule has 0 aliphatic carbocycles. The number of carbonyl (C=O) groups excluding carboxylic acids is 1. The third-order valence-corrected chi connectivity index (χ3v) is 5.77. The molecule has 1 aliphatic heterocycles. The average Bonchev–Trinajstić information content (AvgIpc) is 3.23. The van der Waals surface area contributed by atoms with Crippen molar-refractivity contribution in [2.75, 3.05) is 13.1 Å². The van der Waals surface area contributed by atoms with Crippen LogP contribution >= 0.6 is 0 Å². The van der Waals surface area contributed by atoms with Crippen LogP contribution in [0.15, 0.2) is 65.5 Å². The molecule has 0 spiro atoms. The second-order valence-electron chi connectivity index (χ2n) is 8.04. The maximum absolute atomic E-state index is 13.2. The molecule has 1 fully saturated rings. The van der Waals surface area contributed by atoms with Gasteiger partial charge < -0.3 is 9.88 Å². The smallest absolute Gasteiger partial charge is 0.274 e. The van der Waals surface area contributed by atoms with Gasteiger partial charge in [-0.15, -0.1) is 0 Å². The molecule has 1 amide bonds. The molecule has 0 radical (unpaired) electrons. The summed E-state index contributed by atoms with van der Waals surface area (Å²) < 4.78 is 1.27. The largest absolute Gasteiger partial charge is 0.342 e. The number of nitrogens with zero attached hydrogens (tertiary/aromatic N) is 4. The van der Waals surface area contributed by atoms with Gasteiger partial charge in [-0.05, 0) is 55.7 Å². The first kappa shape index (κ1) is 19.2. The van der Waals surface area contributed by atoms with E-state index in [0.29, 0.717) is 18.8 Å². The molecule has 1 atom stereocenters. The van der Waals surface area contributed by atoms with Crippen molar-refractivity contribution in [1.29, 1.82) is 0 Å². The number of imidazole rings is 1. The summed E-state index contributed by atoms with van der Waals surface area (Å²) in [5.74, 6) is 0.895. The molecule has 31 heavy (non-hydrogen) atoms. The van der Waals surface area contributed by atoms with Gasteiger partial charge in [0.15, 0.2) is 0 Å². The van der Waals surface area contributed by atoms with Crippen molar-refractivity contribution >= 4 is 16.9 Å². The summed E-state index contributed by atoms with van der Waals surface area (Å²) >= 11 is 0. The average molecular weight is 413 g/mol. The fourth-order valence-corrected chi connectivity index (χ4v) is 4.16. The summed E-state index contributed by atoms with van der Waals surface area (Å²) in [6.07, 6.45) is 1.87. The lowest BCUT2D eigenvalue weighted by Crippen LogP contribution is -2.40. The minimum absolute atomic E-state index is 0.144. The van der Waals surface area contributed by atoms with E-state index in [1.54, 1.807) is 12.1 Å². The first-order valence-electron chi connectivity index (χ1n) is 10.5. The molecule has 7 nitrogen and oxygen atoms in total. The molecule has 0 saturated carbocycles. The summed E-state index contributed by atoms with van der Waals surface area (Å²) in [5, 5.41) is 4.35. The van der Waals surface area contributed by atoms with Crippen molar-refractivity contribution in [2.45, 2.75) is 25.7 Å². The summed E-state index contributed by atoms with van der Waals surface area (Å²) in [5.41, 5.74) is 3.79. The molecule has 0 unspecified atom stereocenters. The van der Waals surface area contributed by atoms with Crippen LogP contribution in [0.1, 0.15) is 40.6 Å². The van der Waals surface area contributed by atoms with E-state index in [1.807, 2.05) is 29.2 Å². The molecule has 3 heterocycles. The highest BCUT2D eigenvalue weighted by atomic mass is 16.2. The van der Waals surface area contributed by atoms with Gasteiger partial charge in [-0.3, -0.25) is 9.59 Å². The molecular weight excluding hydrogens is 390 g/mol. The van der Waals surface area contributed by atoms with Crippen molar-refractivity contribution < 1.29 is 4.79 Å². The van der Waals surface area contributed by atoms with Crippen molar-refractivity contribution in [3.8, 4) is 5.69 Å². The third kappa shape index (κ3) is 3.74. The van der Waals surface area contributed by atoms with Crippen molar-refractivity contribution in [1.82, 2.24) is 24.6 Å². The number of aryl methyl sites for hydroxylation is 1. The van der Waals surface area contributed by atoms with Gasteiger partial charge in [0.25, 0.3) is 11.5 Å². The van der Waals surface area contributed by atoms with E-state index in [0.717, 1.165) is 29.7 Å². The summed E-state index contributed by atoms with van der Waals surface area (Å²) in [4.78, 5) is 35.5. The van der Waals surface area contributed by atoms with Crippen molar-refractivity contribution in [3.63, 3.8) is 0 Å². The molecular formula is C24H23N5O2. The second-order valence-corrected chi connectivity index (χ2v) is 8.04. The Morgan fingerprint density at radius 2 is 1.94 bits per heavy atom. The monoisotopic (exact) mass is 413 g/mol. The van der Waals surface area contributed by atoms with E-state index < -0.39 is 0 Å². The fraction of sp³-hybridized carbons (Fsp3) is 0.250. The molecule has 5 rings (SSSR count).